The van der Waals surface area contributed by atoms with Gasteiger partial charge in [0.2, 0.25) is 5.91 Å². The molecule has 5 nitrogen and oxygen atoms in total. The van der Waals surface area contributed by atoms with Crippen molar-refractivity contribution >= 4 is 29.2 Å². The molecule has 0 radical (unpaired) electrons. The number of amides is 3. The van der Waals surface area contributed by atoms with Gasteiger partial charge in [-0.15, -0.1) is 0 Å². The number of carbonyl (C=O) groups is 2. The highest BCUT2D eigenvalue weighted by molar-refractivity contribution is 6.30. The molecule has 0 aliphatic heterocycles. The Morgan fingerprint density at radius 2 is 1.62 bits per heavy atom. The summed E-state index contributed by atoms with van der Waals surface area (Å²) in [6.45, 7) is -0.528. The highest BCUT2D eigenvalue weighted by atomic mass is 35.5. The van der Waals surface area contributed by atoms with Gasteiger partial charge in [-0.1, -0.05) is 17.7 Å². The van der Waals surface area contributed by atoms with Crippen LogP contribution in [0.2, 0.25) is 5.02 Å². The van der Waals surface area contributed by atoms with Crippen LogP contribution in [0.15, 0.2) is 30.3 Å². The number of urea groups is 1. The number of halogens is 5. The lowest BCUT2D eigenvalue weighted by Crippen LogP contribution is -2.39. The Bertz CT molecular complexity index is 848. The molecule has 0 fully saturated rings. The maximum atomic E-state index is 13.4. The van der Waals surface area contributed by atoms with Crippen molar-refractivity contribution in [2.45, 2.75) is 6.54 Å². The fraction of sp³-hybridized carbons (Fsp3) is 0.125. The molecule has 0 atom stereocenters. The smallest absolute Gasteiger partial charge is 0.315 e. The normalized spacial score (nSPS) is 10.3. The molecule has 10 heteroatoms. The average Bonchev–Trinajstić information content (AvgIpc) is 2.61. The van der Waals surface area contributed by atoms with Crippen LogP contribution in [0.25, 0.3) is 0 Å². The molecule has 0 saturated carbocycles. The zero-order valence-corrected chi connectivity index (χ0v) is 13.8. The molecule has 0 aliphatic carbocycles. The predicted octanol–water partition coefficient (Wildman–Crippen LogP) is 3.33. The van der Waals surface area contributed by atoms with Crippen LogP contribution in [0.1, 0.15) is 5.56 Å². The topological polar surface area (TPSA) is 70.2 Å². The lowest BCUT2D eigenvalue weighted by atomic mass is 10.2. The van der Waals surface area contributed by atoms with Crippen LogP contribution in [0.4, 0.5) is 28.0 Å². The Kier molecular flexibility index (Phi) is 6.40. The van der Waals surface area contributed by atoms with E-state index in [0.717, 1.165) is 12.1 Å². The van der Waals surface area contributed by atoms with Gasteiger partial charge >= 0.3 is 6.03 Å². The fourth-order valence-electron chi connectivity index (χ4n) is 1.87. The van der Waals surface area contributed by atoms with E-state index in [1.807, 2.05) is 5.32 Å². The van der Waals surface area contributed by atoms with Crippen LogP contribution in [0.5, 0.6) is 0 Å². The van der Waals surface area contributed by atoms with Crippen molar-refractivity contribution in [3.05, 3.63) is 64.2 Å². The van der Waals surface area contributed by atoms with Gasteiger partial charge < -0.3 is 16.0 Å². The highest BCUT2D eigenvalue weighted by Crippen LogP contribution is 2.19. The van der Waals surface area contributed by atoms with Crippen LogP contribution >= 0.6 is 11.6 Å². The van der Waals surface area contributed by atoms with Crippen molar-refractivity contribution in [1.29, 1.82) is 0 Å². The standard InChI is InChI=1S/C16H12ClF4N3O2/c17-9-5-8(1-2-10(9)18)6-22-16(26)23-7-13(25)24-12-4-3-11(19)14(20)15(12)21/h1-5H,6-7H2,(H,24,25)(H2,22,23,26). The molecular weight excluding hydrogens is 378 g/mol. The molecule has 0 aromatic heterocycles. The lowest BCUT2D eigenvalue weighted by Gasteiger charge is -2.10. The van der Waals surface area contributed by atoms with E-state index < -0.39 is 47.4 Å². The maximum Gasteiger partial charge on any atom is 0.315 e. The van der Waals surface area contributed by atoms with Crippen molar-refractivity contribution in [1.82, 2.24) is 10.6 Å². The predicted molar refractivity (Wildman–Crippen MR) is 86.6 cm³/mol. The number of benzene rings is 2. The first-order chi connectivity index (χ1) is 12.3. The minimum atomic E-state index is -1.72. The molecule has 3 N–H and O–H groups in total. The molecule has 0 spiro atoms. The van der Waals surface area contributed by atoms with Gasteiger partial charge in [0, 0.05) is 6.54 Å². The fourth-order valence-corrected chi connectivity index (χ4v) is 2.07. The Morgan fingerprint density at radius 3 is 2.31 bits per heavy atom. The number of hydrogen-bond donors (Lipinski definition) is 3. The molecule has 138 valence electrons. The van der Waals surface area contributed by atoms with Crippen LogP contribution in [0.3, 0.4) is 0 Å². The molecule has 2 rings (SSSR count). The second kappa shape index (κ2) is 8.52. The van der Waals surface area contributed by atoms with Gasteiger partial charge in [-0.3, -0.25) is 4.79 Å². The van der Waals surface area contributed by atoms with E-state index in [9.17, 15) is 27.2 Å². The van der Waals surface area contributed by atoms with Crippen molar-refractivity contribution < 1.29 is 27.2 Å². The van der Waals surface area contributed by atoms with E-state index in [4.69, 9.17) is 11.6 Å². The molecule has 26 heavy (non-hydrogen) atoms. The number of anilines is 1. The second-order valence-corrected chi connectivity index (χ2v) is 5.46. The summed E-state index contributed by atoms with van der Waals surface area (Å²) in [5.41, 5.74) is -0.0306. The first kappa shape index (κ1) is 19.5. The molecular formula is C16H12ClF4N3O2. The zero-order valence-electron chi connectivity index (χ0n) is 13.0. The summed E-state index contributed by atoms with van der Waals surface area (Å²) < 4.78 is 52.3. The van der Waals surface area contributed by atoms with Crippen molar-refractivity contribution in [3.63, 3.8) is 0 Å². The molecule has 0 bridgehead atoms. The highest BCUT2D eigenvalue weighted by Gasteiger charge is 2.15. The molecule has 0 saturated heterocycles. The second-order valence-electron chi connectivity index (χ2n) is 5.06. The van der Waals surface area contributed by atoms with Gasteiger partial charge in [-0.25, -0.2) is 22.4 Å². The van der Waals surface area contributed by atoms with Crippen LogP contribution < -0.4 is 16.0 Å². The first-order valence-electron chi connectivity index (χ1n) is 7.17. The van der Waals surface area contributed by atoms with Crippen LogP contribution in [-0.2, 0) is 11.3 Å². The molecule has 0 aliphatic rings. The third kappa shape index (κ3) is 5.09. The minimum absolute atomic E-state index is 0.0191. The molecule has 2 aromatic carbocycles. The van der Waals surface area contributed by atoms with Crippen molar-refractivity contribution in [2.24, 2.45) is 0 Å². The number of hydrogen-bond acceptors (Lipinski definition) is 2. The van der Waals surface area contributed by atoms with Crippen molar-refractivity contribution in [2.75, 3.05) is 11.9 Å². The maximum absolute atomic E-state index is 13.4. The van der Waals surface area contributed by atoms with E-state index in [2.05, 4.69) is 10.6 Å². The lowest BCUT2D eigenvalue weighted by molar-refractivity contribution is -0.115. The van der Waals surface area contributed by atoms with E-state index in [1.54, 1.807) is 0 Å². The Labute approximate surface area is 150 Å². The van der Waals surface area contributed by atoms with Crippen LogP contribution in [-0.4, -0.2) is 18.5 Å². The summed E-state index contributed by atoms with van der Waals surface area (Å²) in [6.07, 6.45) is 0. The van der Waals surface area contributed by atoms with Gasteiger partial charge in [0.25, 0.3) is 0 Å². The summed E-state index contributed by atoms with van der Waals surface area (Å²) in [5, 5.41) is 6.48. The molecule has 3 amide bonds. The zero-order chi connectivity index (χ0) is 19.3. The van der Waals surface area contributed by atoms with Gasteiger partial charge in [-0.05, 0) is 29.8 Å². The third-order valence-corrected chi connectivity index (χ3v) is 3.45. The van der Waals surface area contributed by atoms with Gasteiger partial charge in [0.05, 0.1) is 17.3 Å². The quantitative estimate of drug-likeness (QED) is 0.542. The van der Waals surface area contributed by atoms with Crippen LogP contribution in [0, 0.1) is 23.3 Å². The number of rotatable bonds is 5. The Balaban J connectivity index is 1.80. The number of carbonyl (C=O) groups excluding carboxylic acids is 2. The van der Waals surface area contributed by atoms with Gasteiger partial charge in [-0.2, -0.15) is 0 Å². The van der Waals surface area contributed by atoms with Gasteiger partial charge in [0.15, 0.2) is 17.5 Å². The SMILES string of the molecule is O=C(CNC(=O)NCc1ccc(F)c(Cl)c1)Nc1ccc(F)c(F)c1F. The van der Waals surface area contributed by atoms with Gasteiger partial charge in [0.1, 0.15) is 5.82 Å². The third-order valence-electron chi connectivity index (χ3n) is 3.16. The summed E-state index contributed by atoms with van der Waals surface area (Å²) in [6, 6.07) is 4.66. The summed E-state index contributed by atoms with van der Waals surface area (Å²) >= 11 is 5.61. The van der Waals surface area contributed by atoms with Crippen molar-refractivity contribution in [3.8, 4) is 0 Å². The Hall–Kier alpha value is -2.81. The summed E-state index contributed by atoms with van der Waals surface area (Å²) in [7, 11) is 0. The molecule has 0 unspecified atom stereocenters. The molecule has 0 heterocycles. The average molecular weight is 390 g/mol. The minimum Gasteiger partial charge on any atom is -0.334 e. The number of nitrogens with one attached hydrogen (secondary N) is 3. The van der Waals surface area contributed by atoms with E-state index >= 15 is 0 Å². The monoisotopic (exact) mass is 389 g/mol. The largest absolute Gasteiger partial charge is 0.334 e. The Morgan fingerprint density at radius 1 is 0.923 bits per heavy atom. The van der Waals surface area contributed by atoms with E-state index in [1.165, 1.54) is 12.1 Å². The summed E-state index contributed by atoms with van der Waals surface area (Å²) in [4.78, 5) is 23.2. The molecule has 2 aromatic rings. The summed E-state index contributed by atoms with van der Waals surface area (Å²) in [5.74, 6) is -6.10. The first-order valence-corrected chi connectivity index (χ1v) is 7.54. The van der Waals surface area contributed by atoms with E-state index in [-0.39, 0.29) is 11.6 Å². The van der Waals surface area contributed by atoms with E-state index in [0.29, 0.717) is 11.6 Å².